The Hall–Kier alpha value is -1.83. The van der Waals surface area contributed by atoms with Gasteiger partial charge in [-0.15, -0.1) is 0 Å². The van der Waals surface area contributed by atoms with Gasteiger partial charge < -0.3 is 16.0 Å². The summed E-state index contributed by atoms with van der Waals surface area (Å²) in [6.07, 6.45) is 2.36. The van der Waals surface area contributed by atoms with Crippen molar-refractivity contribution < 1.29 is 4.79 Å². The summed E-state index contributed by atoms with van der Waals surface area (Å²) in [5, 5.41) is 3.00. The van der Waals surface area contributed by atoms with Crippen molar-refractivity contribution in [1.29, 1.82) is 0 Å². The van der Waals surface area contributed by atoms with E-state index in [1.165, 1.54) is 6.42 Å². The summed E-state index contributed by atoms with van der Waals surface area (Å²) in [4.78, 5) is 14.4. The molecule has 1 aliphatic rings. The van der Waals surface area contributed by atoms with E-state index in [4.69, 9.17) is 5.73 Å². The van der Waals surface area contributed by atoms with Crippen LogP contribution in [0.4, 0.5) is 0 Å². The number of benzene rings is 1. The highest BCUT2D eigenvalue weighted by Gasteiger charge is 2.21. The quantitative estimate of drug-likeness (QED) is 0.800. The average Bonchev–Trinajstić information content (AvgIpc) is 2.88. The Bertz CT molecular complexity index is 530. The van der Waals surface area contributed by atoms with Crippen LogP contribution in [-0.2, 0) is 0 Å². The molecule has 1 aromatic carbocycles. The number of nitrogens with two attached hydrogens (primary N) is 1. The third-order valence-electron chi connectivity index (χ3n) is 3.63. The van der Waals surface area contributed by atoms with Gasteiger partial charge in [0.2, 0.25) is 0 Å². The molecule has 1 atom stereocenters. The molecule has 1 aromatic rings. The summed E-state index contributed by atoms with van der Waals surface area (Å²) in [7, 11) is 2.10. The van der Waals surface area contributed by atoms with Gasteiger partial charge in [0.25, 0.3) is 5.91 Å². The molecule has 1 saturated heterocycles. The van der Waals surface area contributed by atoms with E-state index in [0.29, 0.717) is 24.7 Å². The number of nitrogens with zero attached hydrogens (tertiary/aromatic N) is 1. The Balaban J connectivity index is 1.95. The Morgan fingerprint density at radius 1 is 1.55 bits per heavy atom. The maximum Gasteiger partial charge on any atom is 0.251 e. The normalized spacial score (nSPS) is 18.4. The van der Waals surface area contributed by atoms with Crippen molar-refractivity contribution in [3.8, 4) is 11.8 Å². The van der Waals surface area contributed by atoms with E-state index in [-0.39, 0.29) is 5.91 Å². The molecule has 1 fully saturated rings. The SMILES string of the molecule is CN1CCCC1CNC(=O)c1cccc(C#CCN)c1. The van der Waals surface area contributed by atoms with Gasteiger partial charge in [-0.2, -0.15) is 0 Å². The number of carbonyl (C=O) groups is 1. The standard InChI is InChI=1S/C16H21N3O/c1-19-10-4-8-15(19)12-18-16(20)14-7-2-5-13(11-14)6-3-9-17/h2,5,7,11,15H,4,8-10,12,17H2,1H3,(H,18,20). The fourth-order valence-corrected chi connectivity index (χ4v) is 2.44. The van der Waals surface area contributed by atoms with Gasteiger partial charge >= 0.3 is 0 Å². The van der Waals surface area contributed by atoms with E-state index < -0.39 is 0 Å². The summed E-state index contributed by atoms with van der Waals surface area (Å²) in [6.45, 7) is 2.14. The molecule has 0 saturated carbocycles. The molecule has 106 valence electrons. The molecule has 4 nitrogen and oxygen atoms in total. The third kappa shape index (κ3) is 3.83. The lowest BCUT2D eigenvalue weighted by molar-refractivity contribution is 0.0943. The number of hydrogen-bond acceptors (Lipinski definition) is 3. The molecule has 1 amide bonds. The molecule has 20 heavy (non-hydrogen) atoms. The van der Waals surface area contributed by atoms with Crippen LogP contribution < -0.4 is 11.1 Å². The first-order valence-electron chi connectivity index (χ1n) is 6.98. The van der Waals surface area contributed by atoms with Crippen LogP contribution in [0.1, 0.15) is 28.8 Å². The fraction of sp³-hybridized carbons (Fsp3) is 0.438. The molecule has 0 spiro atoms. The van der Waals surface area contributed by atoms with Gasteiger partial charge in [-0.1, -0.05) is 17.9 Å². The highest BCUT2D eigenvalue weighted by molar-refractivity contribution is 5.94. The van der Waals surface area contributed by atoms with Crippen LogP contribution in [-0.4, -0.2) is 43.5 Å². The highest BCUT2D eigenvalue weighted by Crippen LogP contribution is 2.13. The molecule has 0 bridgehead atoms. The van der Waals surface area contributed by atoms with E-state index in [2.05, 4.69) is 29.1 Å². The highest BCUT2D eigenvalue weighted by atomic mass is 16.1. The zero-order valence-corrected chi connectivity index (χ0v) is 11.9. The average molecular weight is 271 g/mol. The van der Waals surface area contributed by atoms with E-state index >= 15 is 0 Å². The zero-order valence-electron chi connectivity index (χ0n) is 11.9. The number of likely N-dealkylation sites (tertiary alicyclic amines) is 1. The lowest BCUT2D eigenvalue weighted by atomic mass is 10.1. The summed E-state index contributed by atoms with van der Waals surface area (Å²) in [5.74, 6) is 5.69. The molecule has 0 aromatic heterocycles. The Labute approximate surface area is 120 Å². The van der Waals surface area contributed by atoms with Crippen LogP contribution in [0, 0.1) is 11.8 Å². The zero-order chi connectivity index (χ0) is 14.4. The van der Waals surface area contributed by atoms with Crippen molar-refractivity contribution in [1.82, 2.24) is 10.2 Å². The van der Waals surface area contributed by atoms with Crippen molar-refractivity contribution >= 4 is 5.91 Å². The second-order valence-electron chi connectivity index (χ2n) is 5.07. The van der Waals surface area contributed by atoms with E-state index in [1.54, 1.807) is 12.1 Å². The molecule has 0 aliphatic carbocycles. The van der Waals surface area contributed by atoms with Gasteiger partial charge in [-0.3, -0.25) is 4.79 Å². The lowest BCUT2D eigenvalue weighted by Gasteiger charge is -2.19. The summed E-state index contributed by atoms with van der Waals surface area (Å²) >= 11 is 0. The van der Waals surface area contributed by atoms with Crippen molar-refractivity contribution in [2.75, 3.05) is 26.7 Å². The van der Waals surface area contributed by atoms with Crippen molar-refractivity contribution in [3.05, 3.63) is 35.4 Å². The first-order valence-corrected chi connectivity index (χ1v) is 6.98. The molecule has 3 N–H and O–H groups in total. The number of hydrogen-bond donors (Lipinski definition) is 2. The number of amides is 1. The summed E-state index contributed by atoms with van der Waals surface area (Å²) in [5.41, 5.74) is 6.82. The monoisotopic (exact) mass is 271 g/mol. The van der Waals surface area contributed by atoms with Gasteiger partial charge in [-0.25, -0.2) is 0 Å². The summed E-state index contributed by atoms with van der Waals surface area (Å²) < 4.78 is 0. The smallest absolute Gasteiger partial charge is 0.251 e. The van der Waals surface area contributed by atoms with Gasteiger partial charge in [0.15, 0.2) is 0 Å². The molecule has 1 unspecified atom stereocenters. The predicted octanol–water partition coefficient (Wildman–Crippen LogP) is 0.821. The van der Waals surface area contributed by atoms with Crippen LogP contribution in [0.25, 0.3) is 0 Å². The first kappa shape index (κ1) is 14.6. The van der Waals surface area contributed by atoms with E-state index in [0.717, 1.165) is 18.5 Å². The minimum Gasteiger partial charge on any atom is -0.350 e. The van der Waals surface area contributed by atoms with Crippen LogP contribution in [0.15, 0.2) is 24.3 Å². The Kier molecular flexibility index (Phi) is 5.16. The van der Waals surface area contributed by atoms with Gasteiger partial charge in [0.1, 0.15) is 0 Å². The molecule has 2 rings (SSSR count). The first-order chi connectivity index (χ1) is 9.70. The second-order valence-corrected chi connectivity index (χ2v) is 5.07. The van der Waals surface area contributed by atoms with Gasteiger partial charge in [0, 0.05) is 23.7 Å². The molecule has 0 radical (unpaired) electrons. The van der Waals surface area contributed by atoms with Crippen LogP contribution in [0.2, 0.25) is 0 Å². The third-order valence-corrected chi connectivity index (χ3v) is 3.63. The van der Waals surface area contributed by atoms with Gasteiger partial charge in [-0.05, 0) is 44.6 Å². The minimum absolute atomic E-state index is 0.0401. The summed E-state index contributed by atoms with van der Waals surface area (Å²) in [6, 6.07) is 7.79. The van der Waals surface area contributed by atoms with Crippen molar-refractivity contribution in [3.63, 3.8) is 0 Å². The van der Waals surface area contributed by atoms with Crippen molar-refractivity contribution in [2.24, 2.45) is 5.73 Å². The fourth-order valence-electron chi connectivity index (χ4n) is 2.44. The Morgan fingerprint density at radius 2 is 2.40 bits per heavy atom. The Morgan fingerprint density at radius 3 is 3.10 bits per heavy atom. The molecular formula is C16H21N3O. The maximum absolute atomic E-state index is 12.1. The maximum atomic E-state index is 12.1. The van der Waals surface area contributed by atoms with Crippen LogP contribution in [0.5, 0.6) is 0 Å². The van der Waals surface area contributed by atoms with E-state index in [1.807, 2.05) is 12.1 Å². The van der Waals surface area contributed by atoms with Gasteiger partial charge in [0.05, 0.1) is 6.54 Å². The molecule has 4 heteroatoms. The number of nitrogens with one attached hydrogen (secondary N) is 1. The topological polar surface area (TPSA) is 58.4 Å². The number of likely N-dealkylation sites (N-methyl/N-ethyl adjacent to an activating group) is 1. The predicted molar refractivity (Wildman–Crippen MR) is 80.4 cm³/mol. The van der Waals surface area contributed by atoms with E-state index in [9.17, 15) is 4.79 Å². The minimum atomic E-state index is -0.0401. The largest absolute Gasteiger partial charge is 0.350 e. The molecule has 1 aliphatic heterocycles. The molecule has 1 heterocycles. The molecular weight excluding hydrogens is 250 g/mol. The van der Waals surface area contributed by atoms with Crippen molar-refractivity contribution in [2.45, 2.75) is 18.9 Å². The second kappa shape index (κ2) is 7.09. The number of carbonyl (C=O) groups excluding carboxylic acids is 1. The van der Waals surface area contributed by atoms with Crippen LogP contribution >= 0.6 is 0 Å². The van der Waals surface area contributed by atoms with Crippen LogP contribution in [0.3, 0.4) is 0 Å². The lowest BCUT2D eigenvalue weighted by Crippen LogP contribution is -2.38. The number of rotatable bonds is 3.